The van der Waals surface area contributed by atoms with Crippen molar-refractivity contribution in [2.24, 2.45) is 0 Å². The van der Waals surface area contributed by atoms with Crippen LogP contribution < -0.4 is 4.90 Å². The lowest BCUT2D eigenvalue weighted by Gasteiger charge is -2.34. The largest absolute Gasteiger partial charge is 0.447 e. The van der Waals surface area contributed by atoms with Gasteiger partial charge < -0.3 is 9.32 Å². The second-order valence-corrected chi connectivity index (χ2v) is 8.63. The van der Waals surface area contributed by atoms with Crippen molar-refractivity contribution < 1.29 is 12.8 Å². The predicted molar refractivity (Wildman–Crippen MR) is 96.3 cm³/mol. The van der Waals surface area contributed by atoms with Gasteiger partial charge in [0.25, 0.3) is 10.0 Å². The fraction of sp³-hybridized carbons (Fsp3) is 0.438. The molecule has 1 aliphatic heterocycles. The molecule has 1 saturated heterocycles. The lowest BCUT2D eigenvalue weighted by atomic mass is 10.3. The van der Waals surface area contributed by atoms with Gasteiger partial charge in [0.15, 0.2) is 0 Å². The zero-order valence-electron chi connectivity index (χ0n) is 14.2. The smallest absolute Gasteiger partial charge is 0.275 e. The second kappa shape index (κ2) is 7.33. The number of piperazine rings is 1. The SMILES string of the molecule is CN(C)S(=O)(=O)c1ccc(CN2CCN(c3ccc(Cl)cn3)CC2)o1. The molecule has 2 aromatic heterocycles. The Labute approximate surface area is 152 Å². The highest BCUT2D eigenvalue weighted by Crippen LogP contribution is 2.20. The van der Waals surface area contributed by atoms with Crippen molar-refractivity contribution in [1.82, 2.24) is 14.2 Å². The summed E-state index contributed by atoms with van der Waals surface area (Å²) in [6.07, 6.45) is 1.65. The van der Waals surface area contributed by atoms with Crippen LogP contribution in [0.1, 0.15) is 5.76 Å². The van der Waals surface area contributed by atoms with Crippen molar-refractivity contribution in [3.63, 3.8) is 0 Å². The summed E-state index contributed by atoms with van der Waals surface area (Å²) < 4.78 is 30.8. The minimum absolute atomic E-state index is 0.0171. The number of nitrogens with zero attached hydrogens (tertiary/aromatic N) is 4. The number of halogens is 1. The van der Waals surface area contributed by atoms with Gasteiger partial charge in [-0.1, -0.05) is 11.6 Å². The molecule has 0 spiro atoms. The van der Waals surface area contributed by atoms with Gasteiger partial charge in [-0.25, -0.2) is 17.7 Å². The standard InChI is InChI=1S/C16H21ClN4O3S/c1-19(2)25(22,23)16-6-4-14(24-16)12-20-7-9-21(10-8-20)15-5-3-13(17)11-18-15/h3-6,11H,7-10,12H2,1-2H3. The topological polar surface area (TPSA) is 69.9 Å². The van der Waals surface area contributed by atoms with Gasteiger partial charge in [-0.3, -0.25) is 4.90 Å². The quantitative estimate of drug-likeness (QED) is 0.784. The first-order valence-electron chi connectivity index (χ1n) is 7.96. The molecule has 0 aromatic carbocycles. The van der Waals surface area contributed by atoms with E-state index in [-0.39, 0.29) is 5.09 Å². The Balaban J connectivity index is 1.58. The van der Waals surface area contributed by atoms with Crippen molar-refractivity contribution >= 4 is 27.4 Å². The van der Waals surface area contributed by atoms with Crippen LogP contribution in [0.15, 0.2) is 40.0 Å². The van der Waals surface area contributed by atoms with Gasteiger partial charge in [-0.15, -0.1) is 0 Å². The number of sulfonamides is 1. The van der Waals surface area contributed by atoms with Crippen LogP contribution in [-0.2, 0) is 16.6 Å². The van der Waals surface area contributed by atoms with Crippen molar-refractivity contribution in [1.29, 1.82) is 0 Å². The summed E-state index contributed by atoms with van der Waals surface area (Å²) in [6, 6.07) is 7.00. The molecule has 136 valence electrons. The van der Waals surface area contributed by atoms with Gasteiger partial charge in [0.1, 0.15) is 11.6 Å². The molecule has 0 radical (unpaired) electrons. The van der Waals surface area contributed by atoms with Crippen molar-refractivity contribution in [2.75, 3.05) is 45.2 Å². The molecule has 0 aliphatic carbocycles. The molecule has 3 rings (SSSR count). The molecule has 7 nitrogen and oxygen atoms in total. The van der Waals surface area contributed by atoms with E-state index in [9.17, 15) is 8.42 Å². The highest BCUT2D eigenvalue weighted by Gasteiger charge is 2.23. The highest BCUT2D eigenvalue weighted by molar-refractivity contribution is 7.88. The number of hydrogen-bond donors (Lipinski definition) is 0. The summed E-state index contributed by atoms with van der Waals surface area (Å²) in [5.74, 6) is 1.57. The van der Waals surface area contributed by atoms with Crippen LogP contribution in [0, 0.1) is 0 Å². The van der Waals surface area contributed by atoms with E-state index >= 15 is 0 Å². The summed E-state index contributed by atoms with van der Waals surface area (Å²) in [5.41, 5.74) is 0. The molecule has 0 atom stereocenters. The Morgan fingerprint density at radius 3 is 2.48 bits per heavy atom. The molecule has 1 fully saturated rings. The van der Waals surface area contributed by atoms with Crippen LogP contribution >= 0.6 is 11.6 Å². The third-order valence-electron chi connectivity index (χ3n) is 4.16. The molecular formula is C16H21ClN4O3S. The van der Waals surface area contributed by atoms with E-state index in [1.807, 2.05) is 12.1 Å². The average molecular weight is 385 g/mol. The third kappa shape index (κ3) is 4.14. The molecule has 2 aromatic rings. The van der Waals surface area contributed by atoms with E-state index in [0.29, 0.717) is 17.3 Å². The average Bonchev–Trinajstić information content (AvgIpc) is 3.05. The minimum atomic E-state index is -3.52. The third-order valence-corrected chi connectivity index (χ3v) is 6.07. The Morgan fingerprint density at radius 1 is 1.16 bits per heavy atom. The Bertz CT molecular complexity index is 812. The second-order valence-electron chi connectivity index (χ2n) is 6.11. The van der Waals surface area contributed by atoms with E-state index in [1.165, 1.54) is 20.2 Å². The number of anilines is 1. The zero-order chi connectivity index (χ0) is 18.0. The Kier molecular flexibility index (Phi) is 5.33. The first kappa shape index (κ1) is 18.2. The molecule has 0 saturated carbocycles. The van der Waals surface area contributed by atoms with Gasteiger partial charge in [0.2, 0.25) is 5.09 Å². The summed E-state index contributed by atoms with van der Waals surface area (Å²) >= 11 is 5.87. The van der Waals surface area contributed by atoms with Crippen LogP contribution in [-0.4, -0.2) is 62.9 Å². The summed E-state index contributed by atoms with van der Waals surface area (Å²) in [4.78, 5) is 8.78. The molecule has 9 heteroatoms. The first-order valence-corrected chi connectivity index (χ1v) is 9.78. The molecule has 3 heterocycles. The van der Waals surface area contributed by atoms with E-state index in [1.54, 1.807) is 12.3 Å². The van der Waals surface area contributed by atoms with Gasteiger partial charge >= 0.3 is 0 Å². The van der Waals surface area contributed by atoms with E-state index in [2.05, 4.69) is 14.8 Å². The maximum atomic E-state index is 12.1. The zero-order valence-corrected chi connectivity index (χ0v) is 15.8. The number of pyridine rings is 1. The molecule has 0 bridgehead atoms. The predicted octanol–water partition coefficient (Wildman–Crippen LogP) is 1.90. The van der Waals surface area contributed by atoms with Crippen LogP contribution in [0.2, 0.25) is 5.02 Å². The van der Waals surface area contributed by atoms with Crippen LogP contribution in [0.5, 0.6) is 0 Å². The van der Waals surface area contributed by atoms with E-state index < -0.39 is 10.0 Å². The molecule has 0 amide bonds. The van der Waals surface area contributed by atoms with Gasteiger partial charge in [-0.2, -0.15) is 0 Å². The van der Waals surface area contributed by atoms with E-state index in [0.717, 1.165) is 36.3 Å². The van der Waals surface area contributed by atoms with Crippen LogP contribution in [0.25, 0.3) is 0 Å². The minimum Gasteiger partial charge on any atom is -0.447 e. The molecule has 25 heavy (non-hydrogen) atoms. The Morgan fingerprint density at radius 2 is 1.88 bits per heavy atom. The summed E-state index contributed by atoms with van der Waals surface area (Å²) in [5, 5.41) is 0.611. The molecule has 0 unspecified atom stereocenters. The van der Waals surface area contributed by atoms with E-state index in [4.69, 9.17) is 16.0 Å². The number of aromatic nitrogens is 1. The summed E-state index contributed by atoms with van der Waals surface area (Å²) in [7, 11) is -0.549. The lowest BCUT2D eigenvalue weighted by molar-refractivity contribution is 0.223. The number of rotatable bonds is 5. The van der Waals surface area contributed by atoms with Gasteiger partial charge in [0.05, 0.1) is 11.6 Å². The lowest BCUT2D eigenvalue weighted by Crippen LogP contribution is -2.46. The van der Waals surface area contributed by atoms with Crippen molar-refractivity contribution in [3.05, 3.63) is 41.2 Å². The first-order chi connectivity index (χ1) is 11.9. The van der Waals surface area contributed by atoms with Gasteiger partial charge in [-0.05, 0) is 24.3 Å². The summed E-state index contributed by atoms with van der Waals surface area (Å²) in [6.45, 7) is 3.97. The maximum Gasteiger partial charge on any atom is 0.275 e. The van der Waals surface area contributed by atoms with Crippen LogP contribution in [0.3, 0.4) is 0 Å². The van der Waals surface area contributed by atoms with Crippen molar-refractivity contribution in [3.8, 4) is 0 Å². The van der Waals surface area contributed by atoms with Gasteiger partial charge in [0, 0.05) is 46.5 Å². The molecular weight excluding hydrogens is 364 g/mol. The Hall–Kier alpha value is -1.61. The van der Waals surface area contributed by atoms with Crippen LogP contribution in [0.4, 0.5) is 5.82 Å². The normalized spacial score (nSPS) is 16.6. The van der Waals surface area contributed by atoms with Crippen molar-refractivity contribution in [2.45, 2.75) is 11.6 Å². The monoisotopic (exact) mass is 384 g/mol. The molecule has 0 N–H and O–H groups in total. The number of hydrogen-bond acceptors (Lipinski definition) is 6. The molecule has 1 aliphatic rings. The fourth-order valence-electron chi connectivity index (χ4n) is 2.67. The highest BCUT2D eigenvalue weighted by atomic mass is 35.5. The number of furan rings is 1. The maximum absolute atomic E-state index is 12.1. The fourth-order valence-corrected chi connectivity index (χ4v) is 3.60.